The van der Waals surface area contributed by atoms with Crippen LogP contribution in [0.4, 0.5) is 0 Å². The van der Waals surface area contributed by atoms with Gasteiger partial charge in [0.05, 0.1) is 6.61 Å². The SMILES string of the molecule is CCCOc1ccc(C(=O)N2CCCC2CN2CCCC2)cc1. The highest BCUT2D eigenvalue weighted by atomic mass is 16.5. The molecule has 3 rings (SSSR count). The van der Waals surface area contributed by atoms with Crippen LogP contribution in [0.3, 0.4) is 0 Å². The summed E-state index contributed by atoms with van der Waals surface area (Å²) >= 11 is 0. The summed E-state index contributed by atoms with van der Waals surface area (Å²) in [6.45, 7) is 7.14. The average molecular weight is 316 g/mol. The fourth-order valence-electron chi connectivity index (χ4n) is 3.64. The quantitative estimate of drug-likeness (QED) is 0.808. The van der Waals surface area contributed by atoms with E-state index in [2.05, 4.69) is 16.7 Å². The molecule has 126 valence electrons. The molecule has 2 fully saturated rings. The third kappa shape index (κ3) is 4.05. The number of likely N-dealkylation sites (tertiary alicyclic amines) is 2. The van der Waals surface area contributed by atoms with Gasteiger partial charge in [0.25, 0.3) is 5.91 Å². The van der Waals surface area contributed by atoms with Gasteiger partial charge >= 0.3 is 0 Å². The van der Waals surface area contributed by atoms with E-state index in [9.17, 15) is 4.79 Å². The first-order chi connectivity index (χ1) is 11.3. The minimum absolute atomic E-state index is 0.175. The molecule has 0 bridgehead atoms. The molecule has 1 aromatic carbocycles. The molecule has 1 unspecified atom stereocenters. The third-order valence-electron chi connectivity index (χ3n) is 4.88. The normalized spacial score (nSPS) is 21.8. The van der Waals surface area contributed by atoms with Gasteiger partial charge in [-0.25, -0.2) is 0 Å². The zero-order valence-electron chi connectivity index (χ0n) is 14.2. The van der Waals surface area contributed by atoms with Gasteiger partial charge in [0.15, 0.2) is 0 Å². The lowest BCUT2D eigenvalue weighted by molar-refractivity contribution is 0.0708. The summed E-state index contributed by atoms with van der Waals surface area (Å²) in [6.07, 6.45) is 5.87. The predicted molar refractivity (Wildman–Crippen MR) is 92.0 cm³/mol. The van der Waals surface area contributed by atoms with Gasteiger partial charge < -0.3 is 14.5 Å². The molecule has 1 aromatic rings. The van der Waals surface area contributed by atoms with Crippen molar-refractivity contribution in [2.24, 2.45) is 0 Å². The first kappa shape index (κ1) is 16.3. The van der Waals surface area contributed by atoms with Gasteiger partial charge in [-0.05, 0) is 69.5 Å². The molecule has 2 aliphatic rings. The summed E-state index contributed by atoms with van der Waals surface area (Å²) in [6, 6.07) is 8.01. The maximum absolute atomic E-state index is 12.8. The van der Waals surface area contributed by atoms with Gasteiger partial charge in [0, 0.05) is 24.7 Å². The number of rotatable bonds is 6. The Balaban J connectivity index is 1.61. The Bertz CT molecular complexity index is 509. The zero-order chi connectivity index (χ0) is 16.1. The fraction of sp³-hybridized carbons (Fsp3) is 0.632. The number of carbonyl (C=O) groups excluding carboxylic acids is 1. The summed E-state index contributed by atoms with van der Waals surface area (Å²) < 4.78 is 5.59. The van der Waals surface area contributed by atoms with Crippen molar-refractivity contribution in [3.8, 4) is 5.75 Å². The van der Waals surface area contributed by atoms with E-state index in [1.807, 2.05) is 24.3 Å². The first-order valence-electron chi connectivity index (χ1n) is 9.04. The number of nitrogens with zero attached hydrogens (tertiary/aromatic N) is 2. The van der Waals surface area contributed by atoms with Gasteiger partial charge in [-0.15, -0.1) is 0 Å². The van der Waals surface area contributed by atoms with E-state index >= 15 is 0 Å². The maximum atomic E-state index is 12.8. The third-order valence-corrected chi connectivity index (χ3v) is 4.88. The van der Waals surface area contributed by atoms with Crippen molar-refractivity contribution in [2.45, 2.75) is 45.1 Å². The largest absolute Gasteiger partial charge is 0.494 e. The lowest BCUT2D eigenvalue weighted by Crippen LogP contribution is -2.42. The number of amides is 1. The molecular formula is C19H28N2O2. The van der Waals surface area contributed by atoms with Crippen molar-refractivity contribution in [2.75, 3.05) is 32.8 Å². The van der Waals surface area contributed by atoms with Crippen LogP contribution in [-0.4, -0.2) is 54.5 Å². The summed E-state index contributed by atoms with van der Waals surface area (Å²) in [5.41, 5.74) is 0.780. The van der Waals surface area contributed by atoms with Crippen LogP contribution >= 0.6 is 0 Å². The molecule has 1 amide bonds. The highest BCUT2D eigenvalue weighted by Crippen LogP contribution is 2.23. The molecule has 0 aliphatic carbocycles. The topological polar surface area (TPSA) is 32.8 Å². The van der Waals surface area contributed by atoms with E-state index in [4.69, 9.17) is 4.74 Å². The smallest absolute Gasteiger partial charge is 0.254 e. The molecular weight excluding hydrogens is 288 g/mol. The fourth-order valence-corrected chi connectivity index (χ4v) is 3.64. The molecule has 23 heavy (non-hydrogen) atoms. The van der Waals surface area contributed by atoms with Crippen LogP contribution in [0, 0.1) is 0 Å². The molecule has 0 spiro atoms. The summed E-state index contributed by atoms with van der Waals surface area (Å²) in [4.78, 5) is 17.4. The van der Waals surface area contributed by atoms with Crippen molar-refractivity contribution in [3.05, 3.63) is 29.8 Å². The minimum Gasteiger partial charge on any atom is -0.494 e. The van der Waals surface area contributed by atoms with E-state index in [0.29, 0.717) is 6.04 Å². The van der Waals surface area contributed by atoms with Gasteiger partial charge in [-0.3, -0.25) is 4.79 Å². The lowest BCUT2D eigenvalue weighted by Gasteiger charge is -2.28. The zero-order valence-corrected chi connectivity index (χ0v) is 14.2. The molecule has 0 N–H and O–H groups in total. The van der Waals surface area contributed by atoms with E-state index in [1.165, 1.54) is 25.9 Å². The van der Waals surface area contributed by atoms with Crippen molar-refractivity contribution >= 4 is 5.91 Å². The van der Waals surface area contributed by atoms with Crippen molar-refractivity contribution in [3.63, 3.8) is 0 Å². The first-order valence-corrected chi connectivity index (χ1v) is 9.04. The van der Waals surface area contributed by atoms with E-state index in [1.54, 1.807) is 0 Å². The molecule has 2 aliphatic heterocycles. The van der Waals surface area contributed by atoms with Gasteiger partial charge in [0.2, 0.25) is 0 Å². The molecule has 4 nitrogen and oxygen atoms in total. The van der Waals surface area contributed by atoms with Crippen LogP contribution in [0.15, 0.2) is 24.3 Å². The number of hydrogen-bond acceptors (Lipinski definition) is 3. The Kier molecular flexibility index (Phi) is 5.55. The average Bonchev–Trinajstić information content (AvgIpc) is 3.25. The summed E-state index contributed by atoms with van der Waals surface area (Å²) in [5, 5.41) is 0. The Labute approximate surface area is 139 Å². The highest BCUT2D eigenvalue weighted by molar-refractivity contribution is 5.94. The second kappa shape index (κ2) is 7.82. The molecule has 2 saturated heterocycles. The van der Waals surface area contributed by atoms with Crippen LogP contribution in [0.2, 0.25) is 0 Å². The number of ether oxygens (including phenoxy) is 1. The Morgan fingerprint density at radius 1 is 1.13 bits per heavy atom. The molecule has 0 radical (unpaired) electrons. The molecule has 1 atom stereocenters. The second-order valence-electron chi connectivity index (χ2n) is 6.68. The Morgan fingerprint density at radius 3 is 2.57 bits per heavy atom. The molecule has 2 heterocycles. The Morgan fingerprint density at radius 2 is 1.87 bits per heavy atom. The molecule has 0 saturated carbocycles. The lowest BCUT2D eigenvalue weighted by atomic mass is 10.1. The van der Waals surface area contributed by atoms with Crippen LogP contribution in [-0.2, 0) is 0 Å². The second-order valence-corrected chi connectivity index (χ2v) is 6.68. The van der Waals surface area contributed by atoms with E-state index in [0.717, 1.165) is 50.3 Å². The summed E-state index contributed by atoms with van der Waals surface area (Å²) in [5.74, 6) is 1.02. The van der Waals surface area contributed by atoms with Crippen LogP contribution in [0.25, 0.3) is 0 Å². The van der Waals surface area contributed by atoms with E-state index < -0.39 is 0 Å². The minimum atomic E-state index is 0.175. The van der Waals surface area contributed by atoms with Crippen molar-refractivity contribution in [1.29, 1.82) is 0 Å². The highest BCUT2D eigenvalue weighted by Gasteiger charge is 2.31. The van der Waals surface area contributed by atoms with Crippen LogP contribution in [0.1, 0.15) is 49.4 Å². The number of benzene rings is 1. The molecule has 4 heteroatoms. The van der Waals surface area contributed by atoms with Gasteiger partial charge in [-0.1, -0.05) is 6.92 Å². The van der Waals surface area contributed by atoms with Gasteiger partial charge in [-0.2, -0.15) is 0 Å². The monoisotopic (exact) mass is 316 g/mol. The Hall–Kier alpha value is -1.55. The number of hydrogen-bond donors (Lipinski definition) is 0. The summed E-state index contributed by atoms with van der Waals surface area (Å²) in [7, 11) is 0. The number of carbonyl (C=O) groups is 1. The van der Waals surface area contributed by atoms with Crippen molar-refractivity contribution in [1.82, 2.24) is 9.80 Å². The maximum Gasteiger partial charge on any atom is 0.254 e. The predicted octanol–water partition coefficient (Wildman–Crippen LogP) is 3.18. The van der Waals surface area contributed by atoms with Gasteiger partial charge in [0.1, 0.15) is 5.75 Å². The molecule has 0 aromatic heterocycles. The van der Waals surface area contributed by atoms with Crippen LogP contribution < -0.4 is 4.74 Å². The van der Waals surface area contributed by atoms with E-state index in [-0.39, 0.29) is 5.91 Å². The van der Waals surface area contributed by atoms with Crippen LogP contribution in [0.5, 0.6) is 5.75 Å². The van der Waals surface area contributed by atoms with Crippen molar-refractivity contribution < 1.29 is 9.53 Å². The standard InChI is InChI=1S/C19H28N2O2/c1-2-14-23-18-9-7-16(8-10-18)19(22)21-13-5-6-17(21)15-20-11-3-4-12-20/h7-10,17H,2-6,11-15H2,1H3.